The van der Waals surface area contributed by atoms with Gasteiger partial charge in [0.05, 0.1) is 5.75 Å². The molecule has 0 radical (unpaired) electrons. The molecule has 1 atom stereocenters. The molecule has 0 saturated heterocycles. The lowest BCUT2D eigenvalue weighted by molar-refractivity contribution is -0.139. The number of hydrogen-bond donors (Lipinski definition) is 1. The average Bonchev–Trinajstić information content (AvgIpc) is 2.74. The summed E-state index contributed by atoms with van der Waals surface area (Å²) in [5.41, 5.74) is 1.90. The third-order valence-electron chi connectivity index (χ3n) is 4.83. The molecule has 4 nitrogen and oxygen atoms in total. The van der Waals surface area contributed by atoms with Crippen molar-refractivity contribution in [2.75, 3.05) is 12.3 Å². The minimum Gasteiger partial charge on any atom is -0.354 e. The fourth-order valence-corrected chi connectivity index (χ4v) is 4.70. The van der Waals surface area contributed by atoms with Crippen LogP contribution in [0.5, 0.6) is 0 Å². The number of benzene rings is 2. The lowest BCUT2D eigenvalue weighted by atomic mass is 10.1. The number of amides is 2. The Labute approximate surface area is 213 Å². The standard InChI is InChI=1S/C24H29BrCl2N2O2S/c1-4-22(24(31)28-12-16(2)3)29(13-18-7-10-20(26)11-21(18)27)23(30)15-32-14-17-5-8-19(25)9-6-17/h5-11,16,22H,4,12-15H2,1-3H3,(H,28,31)/t22-/m1/s1. The van der Waals surface area contributed by atoms with Crippen LogP contribution in [0.25, 0.3) is 0 Å². The number of thioether (sulfide) groups is 1. The van der Waals surface area contributed by atoms with E-state index in [0.29, 0.717) is 34.7 Å². The summed E-state index contributed by atoms with van der Waals surface area (Å²) in [5.74, 6) is 1.08. The van der Waals surface area contributed by atoms with Crippen LogP contribution in [0.2, 0.25) is 10.0 Å². The molecule has 0 bridgehead atoms. The Kier molecular flexibility index (Phi) is 11.4. The van der Waals surface area contributed by atoms with Crippen molar-refractivity contribution in [3.63, 3.8) is 0 Å². The van der Waals surface area contributed by atoms with Gasteiger partial charge in [0.25, 0.3) is 0 Å². The second kappa shape index (κ2) is 13.5. The van der Waals surface area contributed by atoms with Gasteiger partial charge >= 0.3 is 0 Å². The number of nitrogens with one attached hydrogen (secondary N) is 1. The van der Waals surface area contributed by atoms with Crippen molar-refractivity contribution in [1.82, 2.24) is 10.2 Å². The second-order valence-corrected chi connectivity index (χ2v) is 10.7. The number of halogens is 3. The Balaban J connectivity index is 2.15. The third kappa shape index (κ3) is 8.62. The van der Waals surface area contributed by atoms with Crippen molar-refractivity contribution in [1.29, 1.82) is 0 Å². The van der Waals surface area contributed by atoms with Crippen LogP contribution in [0.15, 0.2) is 46.9 Å². The Morgan fingerprint density at radius 2 is 1.81 bits per heavy atom. The maximum absolute atomic E-state index is 13.3. The number of nitrogens with zero attached hydrogens (tertiary/aromatic N) is 1. The van der Waals surface area contributed by atoms with Gasteiger partial charge in [-0.15, -0.1) is 11.8 Å². The van der Waals surface area contributed by atoms with Gasteiger partial charge in [0.1, 0.15) is 6.04 Å². The first-order valence-electron chi connectivity index (χ1n) is 10.5. The molecule has 0 spiro atoms. The van der Waals surface area contributed by atoms with E-state index >= 15 is 0 Å². The monoisotopic (exact) mass is 558 g/mol. The first-order valence-corrected chi connectivity index (χ1v) is 13.2. The van der Waals surface area contributed by atoms with Crippen molar-refractivity contribution >= 4 is 62.7 Å². The molecule has 2 amide bonds. The highest BCUT2D eigenvalue weighted by Crippen LogP contribution is 2.24. The van der Waals surface area contributed by atoms with Crippen molar-refractivity contribution in [3.05, 3.63) is 68.1 Å². The van der Waals surface area contributed by atoms with Gasteiger partial charge in [0.2, 0.25) is 11.8 Å². The maximum atomic E-state index is 13.3. The zero-order chi connectivity index (χ0) is 23.7. The summed E-state index contributed by atoms with van der Waals surface area (Å²) in [5, 5.41) is 3.98. The second-order valence-electron chi connectivity index (χ2n) is 7.94. The summed E-state index contributed by atoms with van der Waals surface area (Å²) in [6.07, 6.45) is 0.512. The van der Waals surface area contributed by atoms with E-state index in [1.165, 1.54) is 11.8 Å². The predicted molar refractivity (Wildman–Crippen MR) is 139 cm³/mol. The van der Waals surface area contributed by atoms with Crippen molar-refractivity contribution < 1.29 is 9.59 Å². The Bertz CT molecular complexity index is 909. The zero-order valence-electron chi connectivity index (χ0n) is 18.5. The number of hydrogen-bond acceptors (Lipinski definition) is 3. The van der Waals surface area contributed by atoms with Crippen LogP contribution in [-0.4, -0.2) is 35.1 Å². The van der Waals surface area contributed by atoms with E-state index in [4.69, 9.17) is 23.2 Å². The molecule has 0 unspecified atom stereocenters. The van der Waals surface area contributed by atoms with Crippen LogP contribution in [0.4, 0.5) is 0 Å². The lowest BCUT2D eigenvalue weighted by Gasteiger charge is -2.31. The molecule has 0 fully saturated rings. The largest absolute Gasteiger partial charge is 0.354 e. The third-order valence-corrected chi connectivity index (χ3v) is 6.94. The molecular formula is C24H29BrCl2N2O2S. The molecule has 2 aromatic rings. The van der Waals surface area contributed by atoms with Gasteiger partial charge in [0, 0.05) is 33.4 Å². The van der Waals surface area contributed by atoms with Gasteiger partial charge < -0.3 is 10.2 Å². The van der Waals surface area contributed by atoms with Crippen LogP contribution in [0.3, 0.4) is 0 Å². The summed E-state index contributed by atoms with van der Waals surface area (Å²) in [6, 6.07) is 12.7. The first-order chi connectivity index (χ1) is 15.2. The molecule has 0 heterocycles. The van der Waals surface area contributed by atoms with E-state index in [-0.39, 0.29) is 24.1 Å². The normalized spacial score (nSPS) is 12.0. The van der Waals surface area contributed by atoms with Crippen LogP contribution >= 0.6 is 50.9 Å². The molecule has 1 N–H and O–H groups in total. The van der Waals surface area contributed by atoms with Crippen LogP contribution in [0.1, 0.15) is 38.3 Å². The van der Waals surface area contributed by atoms with E-state index in [1.54, 1.807) is 23.1 Å². The maximum Gasteiger partial charge on any atom is 0.242 e. The lowest BCUT2D eigenvalue weighted by Crippen LogP contribution is -2.50. The highest BCUT2D eigenvalue weighted by Gasteiger charge is 2.29. The summed E-state index contributed by atoms with van der Waals surface area (Å²) in [6.45, 7) is 6.81. The van der Waals surface area contributed by atoms with Crippen molar-refractivity contribution in [3.8, 4) is 0 Å². The van der Waals surface area contributed by atoms with Gasteiger partial charge in [-0.25, -0.2) is 0 Å². The van der Waals surface area contributed by atoms with E-state index in [9.17, 15) is 9.59 Å². The van der Waals surface area contributed by atoms with Crippen LogP contribution < -0.4 is 5.32 Å². The Morgan fingerprint density at radius 1 is 1.12 bits per heavy atom. The molecule has 0 aromatic heterocycles. The Hall–Kier alpha value is -1.21. The van der Waals surface area contributed by atoms with Crippen LogP contribution in [-0.2, 0) is 21.9 Å². The van der Waals surface area contributed by atoms with E-state index < -0.39 is 6.04 Å². The summed E-state index contributed by atoms with van der Waals surface area (Å²) in [4.78, 5) is 27.8. The van der Waals surface area contributed by atoms with Crippen molar-refractivity contribution in [2.45, 2.75) is 45.5 Å². The van der Waals surface area contributed by atoms with Gasteiger partial charge in [-0.1, -0.05) is 78.1 Å². The highest BCUT2D eigenvalue weighted by atomic mass is 79.9. The topological polar surface area (TPSA) is 49.4 Å². The molecule has 8 heteroatoms. The van der Waals surface area contributed by atoms with Gasteiger partial charge in [-0.2, -0.15) is 0 Å². The SMILES string of the molecule is CC[C@H](C(=O)NCC(C)C)N(Cc1ccc(Cl)cc1Cl)C(=O)CSCc1ccc(Br)cc1. The van der Waals surface area contributed by atoms with Gasteiger partial charge in [-0.3, -0.25) is 9.59 Å². The minimum absolute atomic E-state index is 0.0929. The molecular weight excluding hydrogens is 531 g/mol. The number of rotatable bonds is 11. The van der Waals surface area contributed by atoms with E-state index in [0.717, 1.165) is 15.6 Å². The number of carbonyl (C=O) groups is 2. The van der Waals surface area contributed by atoms with Gasteiger partial charge in [0.15, 0.2) is 0 Å². The Morgan fingerprint density at radius 3 is 2.41 bits per heavy atom. The molecule has 174 valence electrons. The molecule has 2 aromatic carbocycles. The quantitative estimate of drug-likeness (QED) is 0.339. The predicted octanol–water partition coefficient (Wildman–Crippen LogP) is 6.57. The fourth-order valence-electron chi connectivity index (χ4n) is 3.10. The molecule has 2 rings (SSSR count). The van der Waals surface area contributed by atoms with Crippen molar-refractivity contribution in [2.24, 2.45) is 5.92 Å². The fraction of sp³-hybridized carbons (Fsp3) is 0.417. The highest BCUT2D eigenvalue weighted by molar-refractivity contribution is 9.10. The summed E-state index contributed by atoms with van der Waals surface area (Å²) in [7, 11) is 0. The smallest absolute Gasteiger partial charge is 0.242 e. The first kappa shape index (κ1) is 27.0. The molecule has 0 aliphatic rings. The van der Waals surface area contributed by atoms with Gasteiger partial charge in [-0.05, 0) is 47.7 Å². The van der Waals surface area contributed by atoms with Crippen LogP contribution in [0, 0.1) is 5.92 Å². The summed E-state index contributed by atoms with van der Waals surface area (Å²) < 4.78 is 1.02. The average molecular weight is 560 g/mol. The minimum atomic E-state index is -0.568. The van der Waals surface area contributed by atoms with E-state index in [1.807, 2.05) is 45.0 Å². The molecule has 32 heavy (non-hydrogen) atoms. The zero-order valence-corrected chi connectivity index (χ0v) is 22.5. The number of carbonyl (C=O) groups excluding carboxylic acids is 2. The molecule has 0 aliphatic heterocycles. The summed E-state index contributed by atoms with van der Waals surface area (Å²) >= 11 is 17.4. The molecule has 0 saturated carbocycles. The van der Waals surface area contributed by atoms with E-state index in [2.05, 4.69) is 21.2 Å². The molecule has 0 aliphatic carbocycles.